The molecule has 0 aliphatic heterocycles. The molecular weight excluding hydrogens is 507 g/mol. The number of non-ortho nitro benzene ring substituents is 1. The first-order valence-corrected chi connectivity index (χ1v) is 14.9. The van der Waals surface area contributed by atoms with E-state index in [9.17, 15) is 10.1 Å². The van der Waals surface area contributed by atoms with Crippen molar-refractivity contribution in [3.63, 3.8) is 0 Å². The number of aromatic nitrogens is 1. The van der Waals surface area contributed by atoms with Crippen LogP contribution in [-0.4, -0.2) is 9.91 Å². The van der Waals surface area contributed by atoms with Gasteiger partial charge in [0.1, 0.15) is 33.5 Å². The molecule has 0 amide bonds. The van der Waals surface area contributed by atoms with E-state index in [1.807, 2.05) is 0 Å². The number of thiazole rings is 1. The van der Waals surface area contributed by atoms with Crippen LogP contribution in [0.25, 0.3) is 20.8 Å². The first-order valence-electron chi connectivity index (χ1n) is 12.3. The predicted molar refractivity (Wildman–Crippen MR) is 161 cm³/mol. The van der Waals surface area contributed by atoms with E-state index >= 15 is 0 Å². The summed E-state index contributed by atoms with van der Waals surface area (Å²) in [6, 6.07) is 43.9. The van der Waals surface area contributed by atoms with Crippen molar-refractivity contribution in [2.24, 2.45) is 0 Å². The van der Waals surface area contributed by atoms with E-state index in [4.69, 9.17) is 4.98 Å². The summed E-state index contributed by atoms with van der Waals surface area (Å²) in [5.41, 5.74) is 2.94. The second kappa shape index (κ2) is 9.94. The number of nitrogens with zero attached hydrogens (tertiary/aromatic N) is 2. The van der Waals surface area contributed by atoms with Gasteiger partial charge < -0.3 is 0 Å². The Balaban J connectivity index is 1.64. The standard InChI is InChI=1S/C32H24N2O2PS/c1-23-17-18-24(32-33-29-22-25(34(35)36)19-20-31(29)38-32)21-30(23)37(26-11-5-2-6-12-26,27-13-7-3-8-14-27)28-15-9-4-10-16-28/h2-22H,1H3/q+1. The number of aryl methyl sites for hydroxylation is 1. The Morgan fingerprint density at radius 3 is 1.79 bits per heavy atom. The Morgan fingerprint density at radius 1 is 0.711 bits per heavy atom. The molecule has 0 atom stereocenters. The summed E-state index contributed by atoms with van der Waals surface area (Å²) in [7, 11) is -2.26. The van der Waals surface area contributed by atoms with E-state index < -0.39 is 7.26 Å². The van der Waals surface area contributed by atoms with Gasteiger partial charge in [-0.15, -0.1) is 11.3 Å². The molecule has 0 spiro atoms. The zero-order valence-corrected chi connectivity index (χ0v) is 22.4. The molecular formula is C32H24N2O2PS+. The van der Waals surface area contributed by atoms with Crippen LogP contribution >= 0.6 is 18.6 Å². The third-order valence-electron chi connectivity index (χ3n) is 6.83. The summed E-state index contributed by atoms with van der Waals surface area (Å²) in [5.74, 6) is 0. The number of hydrogen-bond acceptors (Lipinski definition) is 4. The highest BCUT2D eigenvalue weighted by atomic mass is 32.1. The van der Waals surface area contributed by atoms with Gasteiger partial charge in [-0.3, -0.25) is 10.1 Å². The number of nitro groups is 1. The van der Waals surface area contributed by atoms with Gasteiger partial charge in [0.2, 0.25) is 0 Å². The molecule has 0 saturated carbocycles. The SMILES string of the molecule is Cc1ccc(-c2nc3cc([N+](=O)[O-])ccc3s2)cc1[P+](c1ccccc1)(c1ccccc1)c1ccccc1. The van der Waals surface area contributed by atoms with Crippen LogP contribution in [0.5, 0.6) is 0 Å². The molecule has 0 saturated heterocycles. The summed E-state index contributed by atoms with van der Waals surface area (Å²) in [5, 5.41) is 17.3. The summed E-state index contributed by atoms with van der Waals surface area (Å²) in [4.78, 5) is 15.8. The lowest BCUT2D eigenvalue weighted by Crippen LogP contribution is -2.39. The lowest BCUT2D eigenvalue weighted by molar-refractivity contribution is -0.384. The van der Waals surface area contributed by atoms with Gasteiger partial charge >= 0.3 is 0 Å². The first kappa shape index (κ1) is 24.2. The van der Waals surface area contributed by atoms with Gasteiger partial charge in [0.05, 0.1) is 15.1 Å². The molecule has 184 valence electrons. The van der Waals surface area contributed by atoms with E-state index in [-0.39, 0.29) is 10.6 Å². The van der Waals surface area contributed by atoms with E-state index in [2.05, 4.69) is 116 Å². The van der Waals surface area contributed by atoms with Crippen molar-refractivity contribution >= 4 is 55.7 Å². The highest BCUT2D eigenvalue weighted by molar-refractivity contribution is 8.01. The predicted octanol–water partition coefficient (Wildman–Crippen LogP) is 6.80. The molecule has 1 aromatic heterocycles. The summed E-state index contributed by atoms with van der Waals surface area (Å²) in [6.07, 6.45) is 0. The van der Waals surface area contributed by atoms with Crippen molar-refractivity contribution in [3.8, 4) is 10.6 Å². The second-order valence-electron chi connectivity index (χ2n) is 9.11. The molecule has 6 aromatic rings. The van der Waals surface area contributed by atoms with Crippen molar-refractivity contribution in [1.29, 1.82) is 0 Å². The zero-order valence-electron chi connectivity index (χ0n) is 20.7. The van der Waals surface area contributed by atoms with Crippen LogP contribution in [0.1, 0.15) is 5.56 Å². The molecule has 0 bridgehead atoms. The fourth-order valence-electron chi connectivity index (χ4n) is 5.08. The van der Waals surface area contributed by atoms with Crippen LogP contribution in [0.15, 0.2) is 127 Å². The van der Waals surface area contributed by atoms with Gasteiger partial charge in [0.15, 0.2) is 0 Å². The van der Waals surface area contributed by atoms with Crippen molar-refractivity contribution in [3.05, 3.63) is 143 Å². The Bertz CT molecular complexity index is 1660. The number of nitro benzene ring substituents is 1. The van der Waals surface area contributed by atoms with Gasteiger partial charge in [-0.2, -0.15) is 0 Å². The van der Waals surface area contributed by atoms with Crippen molar-refractivity contribution < 1.29 is 4.92 Å². The van der Waals surface area contributed by atoms with Crippen LogP contribution in [0.4, 0.5) is 5.69 Å². The first-order chi connectivity index (χ1) is 18.6. The summed E-state index contributed by atoms with van der Waals surface area (Å²) in [6.45, 7) is 2.18. The molecule has 0 aliphatic rings. The van der Waals surface area contributed by atoms with Gasteiger partial charge in [-0.05, 0) is 61.0 Å². The highest BCUT2D eigenvalue weighted by Crippen LogP contribution is 2.55. The number of hydrogen-bond donors (Lipinski definition) is 0. The normalized spacial score (nSPS) is 11.5. The Kier molecular flexibility index (Phi) is 6.32. The maximum absolute atomic E-state index is 11.3. The largest absolute Gasteiger partial charge is 0.271 e. The minimum atomic E-state index is -2.26. The maximum atomic E-state index is 11.3. The molecule has 4 nitrogen and oxygen atoms in total. The van der Waals surface area contributed by atoms with Gasteiger partial charge in [-0.1, -0.05) is 66.7 Å². The van der Waals surface area contributed by atoms with Crippen LogP contribution in [-0.2, 0) is 0 Å². The molecule has 0 unspecified atom stereocenters. The smallest absolute Gasteiger partial charge is 0.258 e. The fourth-order valence-corrected chi connectivity index (χ4v) is 10.5. The Morgan fingerprint density at radius 2 is 1.26 bits per heavy atom. The third-order valence-corrected chi connectivity index (χ3v) is 12.3. The topological polar surface area (TPSA) is 56.0 Å². The van der Waals surface area contributed by atoms with E-state index in [0.29, 0.717) is 5.52 Å². The number of fused-ring (bicyclic) bond motifs is 1. The van der Waals surface area contributed by atoms with Crippen LogP contribution in [0.3, 0.4) is 0 Å². The van der Waals surface area contributed by atoms with Crippen molar-refractivity contribution in [2.45, 2.75) is 6.92 Å². The maximum Gasteiger partial charge on any atom is 0.271 e. The number of benzene rings is 5. The van der Waals surface area contributed by atoms with Crippen LogP contribution < -0.4 is 21.2 Å². The van der Waals surface area contributed by atoms with E-state index in [1.165, 1.54) is 26.8 Å². The van der Waals surface area contributed by atoms with Crippen molar-refractivity contribution in [1.82, 2.24) is 4.98 Å². The Hall–Kier alpha value is -4.18. The molecule has 38 heavy (non-hydrogen) atoms. The third kappa shape index (κ3) is 4.10. The van der Waals surface area contributed by atoms with E-state index in [0.717, 1.165) is 15.3 Å². The zero-order chi connectivity index (χ0) is 26.1. The Labute approximate surface area is 225 Å². The molecule has 5 aromatic carbocycles. The average molecular weight is 532 g/mol. The minimum absolute atomic E-state index is 0.0566. The summed E-state index contributed by atoms with van der Waals surface area (Å²) < 4.78 is 0.933. The van der Waals surface area contributed by atoms with Crippen molar-refractivity contribution in [2.75, 3.05) is 0 Å². The minimum Gasteiger partial charge on any atom is -0.258 e. The van der Waals surface area contributed by atoms with Crippen LogP contribution in [0.2, 0.25) is 0 Å². The van der Waals surface area contributed by atoms with E-state index in [1.54, 1.807) is 29.5 Å². The fraction of sp³-hybridized carbons (Fsp3) is 0.0312. The second-order valence-corrected chi connectivity index (χ2v) is 13.5. The van der Waals surface area contributed by atoms with Crippen LogP contribution in [0, 0.1) is 17.0 Å². The molecule has 1 heterocycles. The molecule has 0 N–H and O–H groups in total. The quantitative estimate of drug-likeness (QED) is 0.135. The molecule has 6 rings (SSSR count). The summed E-state index contributed by atoms with van der Waals surface area (Å²) >= 11 is 1.56. The lowest BCUT2D eigenvalue weighted by atomic mass is 10.1. The molecule has 0 fully saturated rings. The lowest BCUT2D eigenvalue weighted by Gasteiger charge is -2.29. The highest BCUT2D eigenvalue weighted by Gasteiger charge is 2.48. The molecule has 0 radical (unpaired) electrons. The molecule has 6 heteroatoms. The van der Waals surface area contributed by atoms with Gasteiger partial charge in [0.25, 0.3) is 5.69 Å². The van der Waals surface area contributed by atoms with Gasteiger partial charge in [-0.25, -0.2) is 4.98 Å². The average Bonchev–Trinajstić information content (AvgIpc) is 3.40. The van der Waals surface area contributed by atoms with Gasteiger partial charge in [0, 0.05) is 17.7 Å². The molecule has 0 aliphatic carbocycles. The number of rotatable bonds is 6. The monoisotopic (exact) mass is 531 g/mol.